The zero-order valence-electron chi connectivity index (χ0n) is 21.1. The van der Waals surface area contributed by atoms with Gasteiger partial charge in [-0.05, 0) is 48.9 Å². The summed E-state index contributed by atoms with van der Waals surface area (Å²) >= 11 is 12.8. The molecule has 0 unspecified atom stereocenters. The summed E-state index contributed by atoms with van der Waals surface area (Å²) in [6, 6.07) is 12.4. The number of carbonyl (C=O) groups is 2. The van der Waals surface area contributed by atoms with Crippen molar-refractivity contribution >= 4 is 35.0 Å². The van der Waals surface area contributed by atoms with Gasteiger partial charge in [-0.3, -0.25) is 9.59 Å². The maximum atomic E-state index is 13.5. The molecule has 1 aliphatic rings. The molecule has 5 nitrogen and oxygen atoms in total. The van der Waals surface area contributed by atoms with Crippen molar-refractivity contribution in [2.24, 2.45) is 0 Å². The molecule has 0 saturated heterocycles. The van der Waals surface area contributed by atoms with E-state index in [0.717, 1.165) is 31.2 Å². The van der Waals surface area contributed by atoms with Crippen molar-refractivity contribution in [2.45, 2.75) is 83.8 Å². The van der Waals surface area contributed by atoms with E-state index in [9.17, 15) is 9.59 Å². The fraction of sp³-hybridized carbons (Fsp3) is 0.500. The summed E-state index contributed by atoms with van der Waals surface area (Å²) in [6.07, 6.45) is 5.35. The molecule has 0 aromatic heterocycles. The van der Waals surface area contributed by atoms with E-state index in [1.807, 2.05) is 24.3 Å². The van der Waals surface area contributed by atoms with Crippen molar-refractivity contribution in [3.05, 3.63) is 63.6 Å². The number of halogens is 2. The molecule has 1 aliphatic carbocycles. The Morgan fingerprint density at radius 3 is 2.29 bits per heavy atom. The van der Waals surface area contributed by atoms with Crippen LogP contribution in [0.15, 0.2) is 42.5 Å². The van der Waals surface area contributed by atoms with Gasteiger partial charge < -0.3 is 15.0 Å². The number of rotatable bonds is 8. The highest BCUT2D eigenvalue weighted by atomic mass is 35.5. The SMILES string of the molecule is C[C@H](C(=O)NC1CCCCC1)N(Cc1c(Cl)cccc1Cl)C(=O)COc1ccccc1C(C)(C)C. The maximum absolute atomic E-state index is 13.5. The number of para-hydroxylation sites is 1. The van der Waals surface area contributed by atoms with Crippen molar-refractivity contribution < 1.29 is 14.3 Å². The molecule has 1 N–H and O–H groups in total. The third-order valence-corrected chi connectivity index (χ3v) is 7.26. The van der Waals surface area contributed by atoms with E-state index in [1.165, 1.54) is 11.3 Å². The van der Waals surface area contributed by atoms with Crippen LogP contribution < -0.4 is 10.1 Å². The van der Waals surface area contributed by atoms with E-state index in [1.54, 1.807) is 25.1 Å². The summed E-state index contributed by atoms with van der Waals surface area (Å²) in [5.74, 6) is 0.169. The molecule has 0 heterocycles. The Bertz CT molecular complexity index is 1010. The Balaban J connectivity index is 1.80. The normalized spacial score (nSPS) is 15.4. The van der Waals surface area contributed by atoms with Crippen LogP contribution in [0.1, 0.15) is 70.9 Å². The smallest absolute Gasteiger partial charge is 0.261 e. The molecule has 0 aliphatic heterocycles. The Kier molecular flexibility index (Phi) is 9.48. The Labute approximate surface area is 219 Å². The van der Waals surface area contributed by atoms with Gasteiger partial charge >= 0.3 is 0 Å². The fourth-order valence-electron chi connectivity index (χ4n) is 4.44. The molecule has 0 bridgehead atoms. The van der Waals surface area contributed by atoms with Crippen LogP contribution in [0.2, 0.25) is 10.0 Å². The Morgan fingerprint density at radius 1 is 1.03 bits per heavy atom. The van der Waals surface area contributed by atoms with Crippen LogP contribution in [0.25, 0.3) is 0 Å². The van der Waals surface area contributed by atoms with Gasteiger partial charge in [0, 0.05) is 28.2 Å². The van der Waals surface area contributed by atoms with E-state index in [2.05, 4.69) is 26.1 Å². The number of nitrogens with zero attached hydrogens (tertiary/aromatic N) is 1. The zero-order chi connectivity index (χ0) is 25.6. The molecule has 2 amide bonds. The molecule has 0 spiro atoms. The highest BCUT2D eigenvalue weighted by Crippen LogP contribution is 2.31. The van der Waals surface area contributed by atoms with Gasteiger partial charge in [-0.15, -0.1) is 0 Å². The average molecular weight is 520 g/mol. The summed E-state index contributed by atoms with van der Waals surface area (Å²) in [4.78, 5) is 28.1. The molecule has 1 fully saturated rings. The van der Waals surface area contributed by atoms with Crippen molar-refractivity contribution in [3.63, 3.8) is 0 Å². The van der Waals surface area contributed by atoms with Gasteiger partial charge in [-0.1, -0.05) is 87.5 Å². The lowest BCUT2D eigenvalue weighted by Crippen LogP contribution is -2.51. The van der Waals surface area contributed by atoms with E-state index in [4.69, 9.17) is 27.9 Å². The second kappa shape index (κ2) is 12.1. The second-order valence-corrected chi connectivity index (χ2v) is 11.1. The van der Waals surface area contributed by atoms with Gasteiger partial charge in [0.2, 0.25) is 5.91 Å². The topological polar surface area (TPSA) is 58.6 Å². The lowest BCUT2D eigenvalue weighted by molar-refractivity contribution is -0.142. The first-order chi connectivity index (χ1) is 16.6. The minimum atomic E-state index is -0.710. The van der Waals surface area contributed by atoms with E-state index < -0.39 is 6.04 Å². The van der Waals surface area contributed by atoms with Gasteiger partial charge in [0.05, 0.1) is 0 Å². The van der Waals surface area contributed by atoms with Crippen LogP contribution in [0.3, 0.4) is 0 Å². The van der Waals surface area contributed by atoms with Gasteiger partial charge in [0.25, 0.3) is 5.91 Å². The zero-order valence-corrected chi connectivity index (χ0v) is 22.6. The fourth-order valence-corrected chi connectivity index (χ4v) is 4.96. The molecular weight excluding hydrogens is 483 g/mol. The minimum absolute atomic E-state index is 0.112. The third kappa shape index (κ3) is 7.37. The molecule has 2 aromatic carbocycles. The number of carbonyl (C=O) groups excluding carboxylic acids is 2. The van der Waals surface area contributed by atoms with E-state index in [0.29, 0.717) is 21.4 Å². The first-order valence-electron chi connectivity index (χ1n) is 12.3. The van der Waals surface area contributed by atoms with Crippen LogP contribution >= 0.6 is 23.2 Å². The van der Waals surface area contributed by atoms with Gasteiger partial charge in [0.1, 0.15) is 11.8 Å². The molecule has 7 heteroatoms. The number of nitrogens with one attached hydrogen (secondary N) is 1. The van der Waals surface area contributed by atoms with Crippen molar-refractivity contribution in [1.82, 2.24) is 10.2 Å². The number of amides is 2. The van der Waals surface area contributed by atoms with Crippen LogP contribution in [0.5, 0.6) is 5.75 Å². The van der Waals surface area contributed by atoms with Crippen LogP contribution in [-0.4, -0.2) is 35.4 Å². The standard InChI is InChI=1S/C28H36Cl2N2O3/c1-19(27(34)31-20-11-6-5-7-12-20)32(17-21-23(29)14-10-15-24(21)30)26(33)18-35-25-16-9-8-13-22(25)28(2,3)4/h8-10,13-16,19-20H,5-7,11-12,17-18H2,1-4H3,(H,31,34)/t19-/m1/s1. The van der Waals surface area contributed by atoms with Crippen molar-refractivity contribution in [2.75, 3.05) is 6.61 Å². The second-order valence-electron chi connectivity index (χ2n) is 10.3. The summed E-state index contributed by atoms with van der Waals surface area (Å²) in [5.41, 5.74) is 1.48. The van der Waals surface area contributed by atoms with Crippen molar-refractivity contribution in [3.8, 4) is 5.75 Å². The van der Waals surface area contributed by atoms with Crippen LogP contribution in [0.4, 0.5) is 0 Å². The maximum Gasteiger partial charge on any atom is 0.261 e. The van der Waals surface area contributed by atoms with Gasteiger partial charge in [0.15, 0.2) is 6.61 Å². The Morgan fingerprint density at radius 2 is 1.66 bits per heavy atom. The molecule has 1 saturated carbocycles. The number of hydrogen-bond acceptors (Lipinski definition) is 3. The summed E-state index contributed by atoms with van der Waals surface area (Å²) < 4.78 is 6.00. The first-order valence-corrected chi connectivity index (χ1v) is 13.1. The van der Waals surface area contributed by atoms with Crippen LogP contribution in [-0.2, 0) is 21.5 Å². The molecule has 190 valence electrons. The molecule has 1 atom stereocenters. The molecule has 0 radical (unpaired) electrons. The quantitative estimate of drug-likeness (QED) is 0.431. The first kappa shape index (κ1) is 27.3. The largest absolute Gasteiger partial charge is 0.483 e. The van der Waals surface area contributed by atoms with Crippen LogP contribution in [0, 0.1) is 0 Å². The Hall–Kier alpha value is -2.24. The summed E-state index contributed by atoms with van der Waals surface area (Å²) in [5, 5.41) is 4.04. The van der Waals surface area contributed by atoms with Gasteiger partial charge in [-0.25, -0.2) is 0 Å². The summed E-state index contributed by atoms with van der Waals surface area (Å²) in [7, 11) is 0. The molecule has 3 rings (SSSR count). The third-order valence-electron chi connectivity index (χ3n) is 6.56. The highest BCUT2D eigenvalue weighted by molar-refractivity contribution is 6.36. The number of benzene rings is 2. The number of hydrogen-bond donors (Lipinski definition) is 1. The minimum Gasteiger partial charge on any atom is -0.483 e. The average Bonchev–Trinajstić information content (AvgIpc) is 2.82. The molecular formula is C28H36Cl2N2O3. The van der Waals surface area contributed by atoms with Gasteiger partial charge in [-0.2, -0.15) is 0 Å². The van der Waals surface area contributed by atoms with E-state index in [-0.39, 0.29) is 36.4 Å². The van der Waals surface area contributed by atoms with E-state index >= 15 is 0 Å². The lowest BCUT2D eigenvalue weighted by Gasteiger charge is -2.32. The predicted octanol–water partition coefficient (Wildman–Crippen LogP) is 6.54. The van der Waals surface area contributed by atoms with Crippen molar-refractivity contribution in [1.29, 1.82) is 0 Å². The summed E-state index contributed by atoms with van der Waals surface area (Å²) in [6.45, 7) is 7.95. The monoisotopic (exact) mass is 518 g/mol. The molecule has 35 heavy (non-hydrogen) atoms. The number of ether oxygens (including phenoxy) is 1. The lowest BCUT2D eigenvalue weighted by atomic mass is 9.86. The highest BCUT2D eigenvalue weighted by Gasteiger charge is 2.30. The molecule has 2 aromatic rings. The predicted molar refractivity (Wildman–Crippen MR) is 142 cm³/mol.